The number of aliphatic hydroxyl groups is 1. The van der Waals surface area contributed by atoms with Crippen molar-refractivity contribution >= 4 is 23.2 Å². The van der Waals surface area contributed by atoms with Gasteiger partial charge in [0, 0.05) is 22.6 Å². The van der Waals surface area contributed by atoms with Crippen molar-refractivity contribution in [3.63, 3.8) is 0 Å². The van der Waals surface area contributed by atoms with Gasteiger partial charge in [0.2, 0.25) is 0 Å². The quantitative estimate of drug-likeness (QED) is 0.816. The molecule has 0 heterocycles. The van der Waals surface area contributed by atoms with Gasteiger partial charge in [0.15, 0.2) is 0 Å². The summed E-state index contributed by atoms with van der Waals surface area (Å²) in [6, 6.07) is 5.64. The van der Waals surface area contributed by atoms with E-state index in [9.17, 15) is 5.11 Å². The zero-order valence-corrected chi connectivity index (χ0v) is 14.6. The van der Waals surface area contributed by atoms with Gasteiger partial charge < -0.3 is 10.4 Å². The van der Waals surface area contributed by atoms with Crippen LogP contribution in [0.3, 0.4) is 0 Å². The smallest absolute Gasteiger partial charge is 0.0772 e. The second-order valence-electron chi connectivity index (χ2n) is 7.16. The Morgan fingerprint density at radius 2 is 1.81 bits per heavy atom. The Morgan fingerprint density at radius 3 is 2.38 bits per heavy atom. The van der Waals surface area contributed by atoms with Crippen molar-refractivity contribution in [2.24, 2.45) is 5.41 Å². The maximum absolute atomic E-state index is 10.7. The predicted molar refractivity (Wildman–Crippen MR) is 90.1 cm³/mol. The van der Waals surface area contributed by atoms with Crippen molar-refractivity contribution in [1.82, 2.24) is 5.32 Å². The summed E-state index contributed by atoms with van der Waals surface area (Å²) in [5.41, 5.74) is 0.779. The van der Waals surface area contributed by atoms with Gasteiger partial charge in [0.1, 0.15) is 0 Å². The Labute approximate surface area is 137 Å². The van der Waals surface area contributed by atoms with Gasteiger partial charge in [-0.25, -0.2) is 0 Å². The fourth-order valence-electron chi connectivity index (χ4n) is 2.87. The van der Waals surface area contributed by atoms with E-state index in [2.05, 4.69) is 26.1 Å². The van der Waals surface area contributed by atoms with E-state index in [0.29, 0.717) is 22.0 Å². The molecule has 1 aliphatic carbocycles. The Bertz CT molecular complexity index is 492. The van der Waals surface area contributed by atoms with Crippen LogP contribution in [0.1, 0.15) is 58.1 Å². The largest absolute Gasteiger partial charge is 0.389 e. The summed E-state index contributed by atoms with van der Waals surface area (Å²) in [6.07, 6.45) is 3.85. The summed E-state index contributed by atoms with van der Waals surface area (Å²) in [5.74, 6) is 0. The van der Waals surface area contributed by atoms with Crippen molar-refractivity contribution in [2.45, 2.75) is 58.1 Å². The average Bonchev–Trinajstić information content (AvgIpc) is 2.40. The molecule has 2 nitrogen and oxygen atoms in total. The molecule has 0 radical (unpaired) electrons. The number of halogens is 2. The monoisotopic (exact) mass is 329 g/mol. The maximum atomic E-state index is 10.7. The normalized spacial score (nSPS) is 22.0. The Hall–Kier alpha value is -0.280. The molecule has 0 spiro atoms. The van der Waals surface area contributed by atoms with Crippen LogP contribution in [-0.4, -0.2) is 17.3 Å². The first kappa shape index (κ1) is 17.1. The van der Waals surface area contributed by atoms with Crippen molar-refractivity contribution in [1.29, 1.82) is 0 Å². The summed E-state index contributed by atoms with van der Waals surface area (Å²) in [5, 5.41) is 15.4. The van der Waals surface area contributed by atoms with Crippen molar-refractivity contribution < 1.29 is 5.11 Å². The first-order valence-electron chi connectivity index (χ1n) is 7.62. The van der Waals surface area contributed by atoms with Crippen molar-refractivity contribution in [2.75, 3.05) is 6.54 Å². The molecule has 0 bridgehead atoms. The highest BCUT2D eigenvalue weighted by Crippen LogP contribution is 2.40. The van der Waals surface area contributed by atoms with Crippen LogP contribution >= 0.6 is 23.2 Å². The third kappa shape index (κ3) is 4.59. The molecule has 1 fully saturated rings. The number of rotatable bonds is 4. The molecule has 0 aromatic heterocycles. The Kier molecular flexibility index (Phi) is 5.25. The van der Waals surface area contributed by atoms with E-state index in [1.165, 1.54) is 0 Å². The molecule has 1 aromatic rings. The topological polar surface area (TPSA) is 32.3 Å². The third-order valence-corrected chi connectivity index (χ3v) is 5.26. The summed E-state index contributed by atoms with van der Waals surface area (Å²) >= 11 is 12.2. The summed E-state index contributed by atoms with van der Waals surface area (Å²) in [7, 11) is 0. The fourth-order valence-corrected chi connectivity index (χ4v) is 3.45. The maximum Gasteiger partial charge on any atom is 0.0772 e. The van der Waals surface area contributed by atoms with Gasteiger partial charge >= 0.3 is 0 Å². The summed E-state index contributed by atoms with van der Waals surface area (Å²) in [6.45, 7) is 7.21. The summed E-state index contributed by atoms with van der Waals surface area (Å²) < 4.78 is 0. The molecule has 2 rings (SSSR count). The van der Waals surface area contributed by atoms with Crippen LogP contribution in [0.2, 0.25) is 10.0 Å². The first-order chi connectivity index (χ1) is 9.71. The van der Waals surface area contributed by atoms with Crippen LogP contribution in [0.15, 0.2) is 18.2 Å². The highest BCUT2D eigenvalue weighted by molar-refractivity contribution is 6.35. The minimum absolute atomic E-state index is 0.0914. The van der Waals surface area contributed by atoms with Crippen molar-refractivity contribution in [3.8, 4) is 0 Å². The second kappa shape index (κ2) is 6.45. The molecular weight excluding hydrogens is 305 g/mol. The molecule has 0 amide bonds. The van der Waals surface area contributed by atoms with Gasteiger partial charge in [-0.1, -0.05) is 43.1 Å². The summed E-state index contributed by atoms with van der Waals surface area (Å²) in [4.78, 5) is 0. The number of benzene rings is 1. The van der Waals surface area contributed by atoms with Gasteiger partial charge in [-0.15, -0.1) is 0 Å². The zero-order chi connectivity index (χ0) is 15.7. The lowest BCUT2D eigenvalue weighted by atomic mass is 9.71. The average molecular weight is 330 g/mol. The minimum atomic E-state index is -0.595. The zero-order valence-electron chi connectivity index (χ0n) is 13.0. The van der Waals surface area contributed by atoms with Gasteiger partial charge in [0.05, 0.1) is 5.60 Å². The first-order valence-corrected chi connectivity index (χ1v) is 8.37. The lowest BCUT2D eigenvalue weighted by Gasteiger charge is -2.40. The number of hydrogen-bond acceptors (Lipinski definition) is 2. The van der Waals surface area contributed by atoms with E-state index in [-0.39, 0.29) is 6.04 Å². The highest BCUT2D eigenvalue weighted by Gasteiger charge is 2.36. The number of hydrogen-bond donors (Lipinski definition) is 2. The Balaban J connectivity index is 1.93. The van der Waals surface area contributed by atoms with E-state index in [0.717, 1.165) is 31.2 Å². The van der Waals surface area contributed by atoms with E-state index in [1.807, 2.05) is 12.1 Å². The predicted octanol–water partition coefficient (Wildman–Crippen LogP) is 4.98. The van der Waals surface area contributed by atoms with E-state index in [4.69, 9.17) is 23.2 Å². The van der Waals surface area contributed by atoms with Crippen LogP contribution in [0.5, 0.6) is 0 Å². The second-order valence-corrected chi connectivity index (χ2v) is 8.00. The van der Waals surface area contributed by atoms with Gasteiger partial charge in [-0.3, -0.25) is 0 Å². The van der Waals surface area contributed by atoms with E-state index >= 15 is 0 Å². The fraction of sp³-hybridized carbons (Fsp3) is 0.647. The molecule has 2 N–H and O–H groups in total. The van der Waals surface area contributed by atoms with Gasteiger partial charge in [-0.05, 0) is 55.7 Å². The molecule has 1 unspecified atom stereocenters. The van der Waals surface area contributed by atoms with Gasteiger partial charge in [-0.2, -0.15) is 0 Å². The van der Waals surface area contributed by atoms with Crippen LogP contribution in [-0.2, 0) is 0 Å². The molecule has 1 atom stereocenters. The van der Waals surface area contributed by atoms with Crippen LogP contribution in [0.25, 0.3) is 0 Å². The van der Waals surface area contributed by atoms with Crippen LogP contribution < -0.4 is 5.32 Å². The molecule has 4 heteroatoms. The Morgan fingerprint density at radius 1 is 1.19 bits per heavy atom. The highest BCUT2D eigenvalue weighted by atomic mass is 35.5. The number of nitrogens with one attached hydrogen (secondary N) is 1. The standard InChI is InChI=1S/C17H25Cl2NO/c1-12(14-5-4-13(18)10-15(14)19)20-11-17(21)8-6-16(2,3)7-9-17/h4-5,10,12,20-21H,6-9,11H2,1-3H3. The van der Waals surface area contributed by atoms with Crippen LogP contribution in [0, 0.1) is 5.41 Å². The molecule has 1 aliphatic rings. The molecule has 1 aromatic carbocycles. The molecule has 21 heavy (non-hydrogen) atoms. The molecular formula is C17H25Cl2NO. The molecule has 0 aliphatic heterocycles. The van der Waals surface area contributed by atoms with Crippen LogP contribution in [0.4, 0.5) is 0 Å². The lowest BCUT2D eigenvalue weighted by Crippen LogP contribution is -2.45. The van der Waals surface area contributed by atoms with E-state index < -0.39 is 5.60 Å². The van der Waals surface area contributed by atoms with Gasteiger partial charge in [0.25, 0.3) is 0 Å². The molecule has 1 saturated carbocycles. The van der Waals surface area contributed by atoms with E-state index in [1.54, 1.807) is 6.07 Å². The lowest BCUT2D eigenvalue weighted by molar-refractivity contribution is -0.0258. The SMILES string of the molecule is CC(NCC1(O)CCC(C)(C)CC1)c1ccc(Cl)cc1Cl. The third-order valence-electron chi connectivity index (χ3n) is 4.70. The minimum Gasteiger partial charge on any atom is -0.389 e. The van der Waals surface area contributed by atoms with Crippen molar-refractivity contribution in [3.05, 3.63) is 33.8 Å². The molecule has 0 saturated heterocycles. The molecule has 118 valence electrons.